The van der Waals surface area contributed by atoms with Gasteiger partial charge < -0.3 is 4.74 Å². The van der Waals surface area contributed by atoms with Gasteiger partial charge in [-0.2, -0.15) is 0 Å². The van der Waals surface area contributed by atoms with Crippen molar-refractivity contribution in [1.29, 1.82) is 0 Å². The Kier molecular flexibility index (Phi) is 2.37. The van der Waals surface area contributed by atoms with E-state index in [9.17, 15) is 0 Å². The fraction of sp³-hybridized carbons (Fsp3) is 0.375. The van der Waals surface area contributed by atoms with Gasteiger partial charge in [0, 0.05) is 0 Å². The summed E-state index contributed by atoms with van der Waals surface area (Å²) in [6.45, 7) is 0. The lowest BCUT2D eigenvalue weighted by atomic mass is 10.5. The first-order valence-corrected chi connectivity index (χ1v) is 5.32. The molecule has 12 heavy (non-hydrogen) atoms. The molecule has 0 radical (unpaired) electrons. The third kappa shape index (κ3) is 1.98. The molecule has 0 spiro atoms. The van der Waals surface area contributed by atoms with Gasteiger partial charge in [0.2, 0.25) is 0 Å². The van der Waals surface area contributed by atoms with Crippen LogP contribution in [0.25, 0.3) is 0 Å². The summed E-state index contributed by atoms with van der Waals surface area (Å²) in [6.07, 6.45) is 4.51. The largest absolute Gasteiger partial charge is 0.489 e. The molecule has 4 heteroatoms. The molecule has 2 rings (SSSR count). The van der Waals surface area contributed by atoms with E-state index in [1.807, 2.05) is 6.07 Å². The lowest BCUT2D eigenvalue weighted by molar-refractivity contribution is 0.301. The number of rotatable bonds is 2. The van der Waals surface area contributed by atoms with Crippen molar-refractivity contribution >= 4 is 31.9 Å². The van der Waals surface area contributed by atoms with Crippen LogP contribution in [-0.4, -0.2) is 11.1 Å². The Morgan fingerprint density at radius 3 is 2.75 bits per heavy atom. The third-order valence-corrected chi connectivity index (χ3v) is 3.37. The summed E-state index contributed by atoms with van der Waals surface area (Å²) >= 11 is 6.66. The van der Waals surface area contributed by atoms with E-state index in [4.69, 9.17) is 4.74 Å². The Hall–Kier alpha value is -0.0900. The summed E-state index contributed by atoms with van der Waals surface area (Å²) in [7, 11) is 0. The van der Waals surface area contributed by atoms with E-state index in [-0.39, 0.29) is 0 Å². The summed E-state index contributed by atoms with van der Waals surface area (Å²) in [5.74, 6) is 0.840. The van der Waals surface area contributed by atoms with Gasteiger partial charge in [0.25, 0.3) is 0 Å². The summed E-state index contributed by atoms with van der Waals surface area (Å²) in [5.41, 5.74) is 0. The van der Waals surface area contributed by atoms with E-state index in [0.29, 0.717) is 6.10 Å². The van der Waals surface area contributed by atoms with Crippen molar-refractivity contribution in [3.63, 3.8) is 0 Å². The molecule has 2 nitrogen and oxygen atoms in total. The first-order chi connectivity index (χ1) is 5.75. The molecule has 0 amide bonds. The van der Waals surface area contributed by atoms with Crippen LogP contribution in [0, 0.1) is 0 Å². The number of aromatic nitrogens is 1. The Bertz CT molecular complexity index is 299. The van der Waals surface area contributed by atoms with Gasteiger partial charge in [-0.05, 0) is 50.8 Å². The summed E-state index contributed by atoms with van der Waals surface area (Å²) < 4.78 is 7.29. The third-order valence-electron chi connectivity index (χ3n) is 1.60. The first-order valence-electron chi connectivity index (χ1n) is 3.73. The molecule has 1 aromatic heterocycles. The Morgan fingerprint density at radius 1 is 1.42 bits per heavy atom. The maximum atomic E-state index is 5.55. The van der Waals surface area contributed by atoms with Gasteiger partial charge in [-0.25, -0.2) is 4.98 Å². The predicted octanol–water partition coefficient (Wildman–Crippen LogP) is 3.15. The lowest BCUT2D eigenvalue weighted by Gasteiger charge is -2.03. The first kappa shape index (κ1) is 8.51. The van der Waals surface area contributed by atoms with Gasteiger partial charge in [-0.15, -0.1) is 0 Å². The summed E-state index contributed by atoms with van der Waals surface area (Å²) in [6, 6.07) is 1.93. The molecule has 0 N–H and O–H groups in total. The monoisotopic (exact) mass is 291 g/mol. The number of hydrogen-bond donors (Lipinski definition) is 0. The minimum Gasteiger partial charge on any atom is -0.489 e. The standard InChI is InChI=1S/C8H7Br2NO/c9-7-3-6(4-11-8(7)10)12-5-1-2-5/h3-5H,1-2H2. The van der Waals surface area contributed by atoms with E-state index in [1.165, 1.54) is 12.8 Å². The minimum atomic E-state index is 0.430. The molecule has 0 atom stereocenters. The second-order valence-corrected chi connectivity index (χ2v) is 4.37. The Balaban J connectivity index is 2.15. The zero-order valence-corrected chi connectivity index (χ0v) is 9.43. The van der Waals surface area contributed by atoms with E-state index in [2.05, 4.69) is 36.8 Å². The van der Waals surface area contributed by atoms with Gasteiger partial charge in [-0.3, -0.25) is 0 Å². The van der Waals surface area contributed by atoms with Crippen molar-refractivity contribution in [2.24, 2.45) is 0 Å². The van der Waals surface area contributed by atoms with Crippen molar-refractivity contribution in [1.82, 2.24) is 4.98 Å². The molecule has 0 unspecified atom stereocenters. The van der Waals surface area contributed by atoms with Crippen LogP contribution in [0.5, 0.6) is 5.75 Å². The molecule has 64 valence electrons. The molecular formula is C8H7Br2NO. The number of hydrogen-bond acceptors (Lipinski definition) is 2. The number of halogens is 2. The van der Waals surface area contributed by atoms with Gasteiger partial charge >= 0.3 is 0 Å². The lowest BCUT2D eigenvalue weighted by Crippen LogP contribution is -1.96. The fourth-order valence-electron chi connectivity index (χ4n) is 0.846. The van der Waals surface area contributed by atoms with Crippen LogP contribution in [0.1, 0.15) is 12.8 Å². The van der Waals surface area contributed by atoms with Crippen molar-refractivity contribution in [3.8, 4) is 5.75 Å². The van der Waals surface area contributed by atoms with E-state index >= 15 is 0 Å². The SMILES string of the molecule is Brc1cc(OC2CC2)cnc1Br. The highest BCUT2D eigenvalue weighted by molar-refractivity contribution is 9.13. The molecule has 0 bridgehead atoms. The number of nitrogens with zero attached hydrogens (tertiary/aromatic N) is 1. The zero-order chi connectivity index (χ0) is 8.55. The van der Waals surface area contributed by atoms with Crippen LogP contribution in [-0.2, 0) is 0 Å². The topological polar surface area (TPSA) is 22.1 Å². The summed E-state index contributed by atoms with van der Waals surface area (Å²) in [5, 5.41) is 0. The number of ether oxygens (including phenoxy) is 1. The quantitative estimate of drug-likeness (QED) is 0.781. The second-order valence-electron chi connectivity index (χ2n) is 2.76. The van der Waals surface area contributed by atoms with Gasteiger partial charge in [0.1, 0.15) is 10.4 Å². The van der Waals surface area contributed by atoms with Gasteiger partial charge in [-0.1, -0.05) is 0 Å². The molecule has 0 aromatic carbocycles. The Morgan fingerprint density at radius 2 is 2.17 bits per heavy atom. The highest BCUT2D eigenvalue weighted by Gasteiger charge is 2.23. The average Bonchev–Trinajstić information content (AvgIpc) is 2.81. The molecule has 0 saturated heterocycles. The highest BCUT2D eigenvalue weighted by Crippen LogP contribution is 2.29. The molecule has 1 aromatic rings. The van der Waals surface area contributed by atoms with Gasteiger partial charge in [0.15, 0.2) is 0 Å². The fourth-order valence-corrected chi connectivity index (χ4v) is 1.39. The van der Waals surface area contributed by atoms with Crippen molar-refractivity contribution in [2.75, 3.05) is 0 Å². The zero-order valence-electron chi connectivity index (χ0n) is 6.26. The van der Waals surface area contributed by atoms with Crippen molar-refractivity contribution < 1.29 is 4.74 Å². The highest BCUT2D eigenvalue weighted by atomic mass is 79.9. The second kappa shape index (κ2) is 3.34. The maximum Gasteiger partial charge on any atom is 0.139 e. The minimum absolute atomic E-state index is 0.430. The van der Waals surface area contributed by atoms with E-state index in [0.717, 1.165) is 14.8 Å². The van der Waals surface area contributed by atoms with Crippen LogP contribution in [0.2, 0.25) is 0 Å². The smallest absolute Gasteiger partial charge is 0.139 e. The molecular weight excluding hydrogens is 286 g/mol. The predicted molar refractivity (Wildman–Crippen MR) is 53.3 cm³/mol. The molecule has 1 fully saturated rings. The molecule has 1 aliphatic carbocycles. The van der Waals surface area contributed by atoms with Crippen LogP contribution >= 0.6 is 31.9 Å². The van der Waals surface area contributed by atoms with Crippen LogP contribution in [0.4, 0.5) is 0 Å². The van der Waals surface area contributed by atoms with Crippen LogP contribution in [0.15, 0.2) is 21.3 Å². The normalized spacial score (nSPS) is 16.2. The van der Waals surface area contributed by atoms with Crippen molar-refractivity contribution in [3.05, 3.63) is 21.3 Å². The molecule has 1 saturated carbocycles. The molecule has 0 aliphatic heterocycles. The maximum absolute atomic E-state index is 5.55. The van der Waals surface area contributed by atoms with Crippen molar-refractivity contribution in [2.45, 2.75) is 18.9 Å². The van der Waals surface area contributed by atoms with E-state index in [1.54, 1.807) is 6.20 Å². The van der Waals surface area contributed by atoms with Crippen LogP contribution < -0.4 is 4.74 Å². The Labute approximate surface area is 87.6 Å². The van der Waals surface area contributed by atoms with Gasteiger partial charge in [0.05, 0.1) is 16.8 Å². The van der Waals surface area contributed by atoms with E-state index < -0.39 is 0 Å². The summed E-state index contributed by atoms with van der Waals surface area (Å²) in [4.78, 5) is 4.10. The van der Waals surface area contributed by atoms with Crippen LogP contribution in [0.3, 0.4) is 0 Å². The molecule has 1 heterocycles. The average molecular weight is 293 g/mol. The number of pyridine rings is 1. The molecule has 1 aliphatic rings.